The first kappa shape index (κ1) is 26.1. The number of fused-ring (bicyclic) bond motifs is 1. The van der Waals surface area contributed by atoms with Crippen LogP contribution in [-0.4, -0.2) is 32.8 Å². The number of rotatable bonds is 8. The highest BCUT2D eigenvalue weighted by Gasteiger charge is 2.31. The topological polar surface area (TPSA) is 69.0 Å². The number of ether oxygens (including phenoxy) is 1. The van der Waals surface area contributed by atoms with Crippen molar-refractivity contribution < 1.29 is 22.7 Å². The lowest BCUT2D eigenvalue weighted by Gasteiger charge is -2.25. The molecule has 0 radical (unpaired) electrons. The molecule has 5 rings (SSSR count). The Morgan fingerprint density at radius 1 is 0.974 bits per heavy atom. The van der Waals surface area contributed by atoms with Gasteiger partial charge in [0.15, 0.2) is 5.16 Å². The summed E-state index contributed by atoms with van der Waals surface area (Å²) in [4.78, 5) is 12.6. The van der Waals surface area contributed by atoms with Crippen LogP contribution in [0.1, 0.15) is 49.5 Å². The average Bonchev–Trinajstić information content (AvgIpc) is 3.31. The lowest BCUT2D eigenvalue weighted by Crippen LogP contribution is -2.19. The molecule has 0 aliphatic heterocycles. The highest BCUT2D eigenvalue weighted by atomic mass is 32.2. The molecule has 0 saturated heterocycles. The third-order valence-corrected chi connectivity index (χ3v) is 7.55. The molecule has 198 valence electrons. The van der Waals surface area contributed by atoms with Crippen LogP contribution in [0, 0.1) is 0 Å². The highest BCUT2D eigenvalue weighted by molar-refractivity contribution is 7.99. The number of halogens is 3. The molecule has 6 nitrogen and oxygen atoms in total. The van der Waals surface area contributed by atoms with Crippen LogP contribution >= 0.6 is 11.8 Å². The number of carbonyl (C=O) groups excluding carboxylic acids is 1. The van der Waals surface area contributed by atoms with Gasteiger partial charge < -0.3 is 14.6 Å². The maximum absolute atomic E-state index is 12.6. The predicted octanol–water partition coefficient (Wildman–Crippen LogP) is 7.16. The minimum Gasteiger partial charge on any atom is -0.406 e. The number of benzene rings is 3. The molecule has 1 aromatic heterocycles. The zero-order valence-electron chi connectivity index (χ0n) is 20.6. The van der Waals surface area contributed by atoms with Crippen molar-refractivity contribution in [2.75, 3.05) is 11.1 Å². The normalized spacial score (nSPS) is 14.5. The Labute approximate surface area is 222 Å². The van der Waals surface area contributed by atoms with Crippen molar-refractivity contribution in [3.63, 3.8) is 0 Å². The summed E-state index contributed by atoms with van der Waals surface area (Å²) in [6, 6.07) is 19.9. The van der Waals surface area contributed by atoms with Gasteiger partial charge in [0.1, 0.15) is 11.6 Å². The Balaban J connectivity index is 1.30. The van der Waals surface area contributed by atoms with Crippen LogP contribution in [-0.2, 0) is 11.2 Å². The summed E-state index contributed by atoms with van der Waals surface area (Å²) < 4.78 is 43.2. The number of alkyl halides is 3. The minimum atomic E-state index is -4.76. The van der Waals surface area contributed by atoms with Crippen molar-refractivity contribution in [1.82, 2.24) is 14.8 Å². The zero-order valence-corrected chi connectivity index (χ0v) is 21.4. The summed E-state index contributed by atoms with van der Waals surface area (Å²) in [5.41, 5.74) is 1.57. The quantitative estimate of drug-likeness (QED) is 0.240. The number of anilines is 1. The lowest BCUT2D eigenvalue weighted by molar-refractivity contribution is -0.274. The van der Waals surface area contributed by atoms with E-state index in [9.17, 15) is 18.0 Å². The van der Waals surface area contributed by atoms with Gasteiger partial charge in [-0.25, -0.2) is 0 Å². The molecule has 1 saturated carbocycles. The second-order valence-electron chi connectivity index (χ2n) is 9.28. The molecule has 1 N–H and O–H groups in total. The van der Waals surface area contributed by atoms with Crippen LogP contribution in [0.2, 0.25) is 0 Å². The molecule has 0 atom stereocenters. The summed E-state index contributed by atoms with van der Waals surface area (Å²) in [7, 11) is 0. The molecule has 38 heavy (non-hydrogen) atoms. The van der Waals surface area contributed by atoms with Crippen molar-refractivity contribution in [3.8, 4) is 5.75 Å². The average molecular weight is 541 g/mol. The van der Waals surface area contributed by atoms with E-state index in [0.717, 1.165) is 43.6 Å². The number of hydrogen-bond donors (Lipinski definition) is 1. The van der Waals surface area contributed by atoms with E-state index < -0.39 is 6.36 Å². The molecule has 3 aromatic carbocycles. The number of amides is 1. The van der Waals surface area contributed by atoms with E-state index in [2.05, 4.69) is 55.1 Å². The van der Waals surface area contributed by atoms with E-state index in [1.165, 1.54) is 46.7 Å². The third-order valence-electron chi connectivity index (χ3n) is 6.61. The van der Waals surface area contributed by atoms with E-state index in [1.54, 1.807) is 0 Å². The van der Waals surface area contributed by atoms with Gasteiger partial charge in [-0.2, -0.15) is 0 Å². The second kappa shape index (κ2) is 11.5. The largest absolute Gasteiger partial charge is 0.573 e. The molecule has 1 heterocycles. The Morgan fingerprint density at radius 2 is 1.71 bits per heavy atom. The second-order valence-corrected chi connectivity index (χ2v) is 10.2. The minimum absolute atomic E-state index is 0.0971. The number of hydrogen-bond acceptors (Lipinski definition) is 5. The fourth-order valence-electron chi connectivity index (χ4n) is 4.92. The van der Waals surface area contributed by atoms with E-state index in [0.29, 0.717) is 17.3 Å². The van der Waals surface area contributed by atoms with Gasteiger partial charge in [-0.05, 0) is 53.4 Å². The zero-order chi connectivity index (χ0) is 26.5. The molecule has 1 aliphatic rings. The maximum atomic E-state index is 12.6. The first-order valence-corrected chi connectivity index (χ1v) is 13.5. The van der Waals surface area contributed by atoms with Gasteiger partial charge in [-0.3, -0.25) is 4.79 Å². The van der Waals surface area contributed by atoms with E-state index in [1.807, 2.05) is 12.1 Å². The number of nitrogens with one attached hydrogen (secondary N) is 1. The van der Waals surface area contributed by atoms with Crippen LogP contribution < -0.4 is 10.1 Å². The maximum Gasteiger partial charge on any atom is 0.573 e. The molecule has 10 heteroatoms. The molecular weight excluding hydrogens is 513 g/mol. The Hall–Kier alpha value is -3.53. The molecule has 4 aromatic rings. The van der Waals surface area contributed by atoms with Crippen molar-refractivity contribution >= 4 is 34.1 Å². The molecule has 0 unspecified atom stereocenters. The van der Waals surface area contributed by atoms with E-state index in [4.69, 9.17) is 0 Å². The number of thioether (sulfide) groups is 1. The van der Waals surface area contributed by atoms with Gasteiger partial charge in [-0.15, -0.1) is 23.4 Å². The smallest absolute Gasteiger partial charge is 0.406 e. The third kappa shape index (κ3) is 6.48. The summed E-state index contributed by atoms with van der Waals surface area (Å²) in [5.74, 6) is 0.355. The van der Waals surface area contributed by atoms with Crippen molar-refractivity contribution in [1.29, 1.82) is 0 Å². The Bertz CT molecular complexity index is 1390. The summed E-state index contributed by atoms with van der Waals surface area (Å²) in [5, 5.41) is 14.8. The van der Waals surface area contributed by atoms with Crippen molar-refractivity contribution in [2.24, 2.45) is 0 Å². The summed E-state index contributed by atoms with van der Waals surface area (Å²) in [6.45, 7) is 0. The van der Waals surface area contributed by atoms with Gasteiger partial charge in [0.05, 0.1) is 5.75 Å². The predicted molar refractivity (Wildman–Crippen MR) is 141 cm³/mol. The molecule has 1 fully saturated rings. The molecule has 0 bridgehead atoms. The standard InChI is InChI=1S/C28H27F3N4O2S/c29-28(30,31)37-23-15-13-21(14-16-23)32-26(36)18-38-27-34-33-25(35(27)22-10-2-1-3-11-22)17-20-9-6-8-19-7-4-5-12-24(19)20/h4-9,12-16,22H,1-3,10-11,17-18H2,(H,32,36). The van der Waals surface area contributed by atoms with Gasteiger partial charge in [0, 0.05) is 18.2 Å². The van der Waals surface area contributed by atoms with Gasteiger partial charge in [0.25, 0.3) is 0 Å². The molecular formula is C28H27F3N4O2S. The van der Waals surface area contributed by atoms with Crippen molar-refractivity contribution in [3.05, 3.63) is 78.1 Å². The fraction of sp³-hybridized carbons (Fsp3) is 0.321. The number of nitrogens with zero attached hydrogens (tertiary/aromatic N) is 3. The van der Waals surface area contributed by atoms with E-state index >= 15 is 0 Å². The first-order valence-electron chi connectivity index (χ1n) is 12.5. The van der Waals surface area contributed by atoms with Crippen LogP contribution in [0.3, 0.4) is 0 Å². The lowest BCUT2D eigenvalue weighted by atomic mass is 9.95. The van der Waals surface area contributed by atoms with Gasteiger partial charge in [0.2, 0.25) is 5.91 Å². The number of aromatic nitrogens is 3. The van der Waals surface area contributed by atoms with Crippen LogP contribution in [0.4, 0.5) is 18.9 Å². The summed E-state index contributed by atoms with van der Waals surface area (Å²) in [6.07, 6.45) is 1.49. The molecule has 1 aliphatic carbocycles. The van der Waals surface area contributed by atoms with E-state index in [-0.39, 0.29) is 23.5 Å². The van der Waals surface area contributed by atoms with Gasteiger partial charge >= 0.3 is 6.36 Å². The van der Waals surface area contributed by atoms with Crippen molar-refractivity contribution in [2.45, 2.75) is 56.1 Å². The Kier molecular flexibility index (Phi) is 7.87. The van der Waals surface area contributed by atoms with Crippen LogP contribution in [0.5, 0.6) is 5.75 Å². The van der Waals surface area contributed by atoms with Gasteiger partial charge in [-0.1, -0.05) is 73.5 Å². The number of carbonyl (C=O) groups is 1. The van der Waals surface area contributed by atoms with Crippen LogP contribution in [0.15, 0.2) is 71.9 Å². The monoisotopic (exact) mass is 540 g/mol. The SMILES string of the molecule is O=C(CSc1nnc(Cc2cccc3ccccc23)n1C1CCCCC1)Nc1ccc(OC(F)(F)F)cc1. The summed E-state index contributed by atoms with van der Waals surface area (Å²) >= 11 is 1.32. The molecule has 0 spiro atoms. The first-order chi connectivity index (χ1) is 18.4. The Morgan fingerprint density at radius 3 is 2.47 bits per heavy atom. The fourth-order valence-corrected chi connectivity index (χ4v) is 5.74. The van der Waals surface area contributed by atoms with Crippen LogP contribution in [0.25, 0.3) is 10.8 Å². The molecule has 1 amide bonds. The highest BCUT2D eigenvalue weighted by Crippen LogP contribution is 2.34.